The molecule has 0 saturated heterocycles. The number of pyridine rings is 1. The van der Waals surface area contributed by atoms with Crippen LogP contribution in [0.15, 0.2) is 42.5 Å². The van der Waals surface area contributed by atoms with Gasteiger partial charge in [0.05, 0.1) is 13.2 Å². The number of nitrogens with two attached hydrogens (primary N) is 1. The summed E-state index contributed by atoms with van der Waals surface area (Å²) in [5.41, 5.74) is 8.72. The lowest BCUT2D eigenvalue weighted by molar-refractivity contribution is 0.397. The van der Waals surface area contributed by atoms with Crippen molar-refractivity contribution in [1.82, 2.24) is 4.98 Å². The Morgan fingerprint density at radius 3 is 2.90 bits per heavy atom. The van der Waals surface area contributed by atoms with Crippen LogP contribution in [-0.4, -0.2) is 25.2 Å². The third-order valence-corrected chi connectivity index (χ3v) is 3.85. The fraction of sp³-hybridized carbons (Fsp3) is 0.312. The largest absolute Gasteiger partial charge is 0.481 e. The molecule has 0 saturated carbocycles. The van der Waals surface area contributed by atoms with Crippen LogP contribution in [0.4, 0.5) is 5.82 Å². The standard InChI is InChI=1S/C16H19N3O/c1-20-16-8-4-7-15(18-16)19-10-9-12-5-2-3-6-13(12)14(19)11-17/h2-8,14H,9-11,17H2,1H3. The first-order valence-electron chi connectivity index (χ1n) is 6.89. The molecule has 0 bridgehead atoms. The number of nitrogens with zero attached hydrogens (tertiary/aromatic N) is 2. The number of hydrogen-bond acceptors (Lipinski definition) is 4. The van der Waals surface area contributed by atoms with E-state index in [9.17, 15) is 0 Å². The zero-order valence-corrected chi connectivity index (χ0v) is 11.6. The van der Waals surface area contributed by atoms with Crippen LogP contribution in [0.3, 0.4) is 0 Å². The third-order valence-electron chi connectivity index (χ3n) is 3.85. The van der Waals surface area contributed by atoms with E-state index in [1.54, 1.807) is 7.11 Å². The van der Waals surface area contributed by atoms with Gasteiger partial charge in [-0.3, -0.25) is 0 Å². The summed E-state index contributed by atoms with van der Waals surface area (Å²) in [4.78, 5) is 6.80. The summed E-state index contributed by atoms with van der Waals surface area (Å²) in [5.74, 6) is 1.56. The van der Waals surface area contributed by atoms with Crippen LogP contribution < -0.4 is 15.4 Å². The molecule has 2 aromatic rings. The van der Waals surface area contributed by atoms with Crippen molar-refractivity contribution in [2.45, 2.75) is 12.5 Å². The van der Waals surface area contributed by atoms with Crippen LogP contribution in [0.5, 0.6) is 5.88 Å². The maximum absolute atomic E-state index is 6.02. The zero-order valence-electron chi connectivity index (χ0n) is 11.6. The molecule has 1 aliphatic heterocycles. The molecule has 0 spiro atoms. The molecule has 0 aliphatic carbocycles. The average molecular weight is 269 g/mol. The Morgan fingerprint density at radius 1 is 1.25 bits per heavy atom. The van der Waals surface area contributed by atoms with E-state index in [0.29, 0.717) is 12.4 Å². The Hall–Kier alpha value is -2.07. The molecule has 4 heteroatoms. The van der Waals surface area contributed by atoms with E-state index in [-0.39, 0.29) is 6.04 Å². The van der Waals surface area contributed by atoms with Crippen LogP contribution in [0.25, 0.3) is 0 Å². The summed E-state index contributed by atoms with van der Waals surface area (Å²) in [5, 5.41) is 0. The summed E-state index contributed by atoms with van der Waals surface area (Å²) in [7, 11) is 1.64. The van der Waals surface area contributed by atoms with Gasteiger partial charge in [-0.05, 0) is 23.6 Å². The lowest BCUT2D eigenvalue weighted by atomic mass is 9.92. The Bertz CT molecular complexity index is 600. The molecular formula is C16H19N3O. The first kappa shape index (κ1) is 12.9. The van der Waals surface area contributed by atoms with Gasteiger partial charge in [0.15, 0.2) is 0 Å². The maximum Gasteiger partial charge on any atom is 0.214 e. The second-order valence-corrected chi connectivity index (χ2v) is 4.93. The van der Waals surface area contributed by atoms with Crippen molar-refractivity contribution in [3.63, 3.8) is 0 Å². The molecule has 1 aromatic heterocycles. The average Bonchev–Trinajstić information content (AvgIpc) is 2.53. The van der Waals surface area contributed by atoms with Crippen molar-refractivity contribution in [3.8, 4) is 5.88 Å². The van der Waals surface area contributed by atoms with Crippen LogP contribution in [0, 0.1) is 0 Å². The minimum Gasteiger partial charge on any atom is -0.481 e. The van der Waals surface area contributed by atoms with Gasteiger partial charge in [0.2, 0.25) is 5.88 Å². The van der Waals surface area contributed by atoms with E-state index in [1.165, 1.54) is 11.1 Å². The molecule has 4 nitrogen and oxygen atoms in total. The van der Waals surface area contributed by atoms with Crippen molar-refractivity contribution >= 4 is 5.82 Å². The molecular weight excluding hydrogens is 250 g/mol. The van der Waals surface area contributed by atoms with Gasteiger partial charge in [-0.25, -0.2) is 0 Å². The monoisotopic (exact) mass is 269 g/mol. The fourth-order valence-corrected chi connectivity index (χ4v) is 2.86. The van der Waals surface area contributed by atoms with Gasteiger partial charge in [0.25, 0.3) is 0 Å². The Morgan fingerprint density at radius 2 is 2.10 bits per heavy atom. The van der Waals surface area contributed by atoms with E-state index in [4.69, 9.17) is 10.5 Å². The topological polar surface area (TPSA) is 51.4 Å². The zero-order chi connectivity index (χ0) is 13.9. The van der Waals surface area contributed by atoms with Gasteiger partial charge in [-0.1, -0.05) is 30.3 Å². The number of aromatic nitrogens is 1. The van der Waals surface area contributed by atoms with Gasteiger partial charge in [0.1, 0.15) is 5.82 Å². The molecule has 3 rings (SSSR count). The van der Waals surface area contributed by atoms with Crippen molar-refractivity contribution < 1.29 is 4.74 Å². The Balaban J connectivity index is 1.98. The van der Waals surface area contributed by atoms with E-state index in [0.717, 1.165) is 18.8 Å². The van der Waals surface area contributed by atoms with Gasteiger partial charge >= 0.3 is 0 Å². The highest BCUT2D eigenvalue weighted by Gasteiger charge is 2.27. The highest BCUT2D eigenvalue weighted by atomic mass is 16.5. The van der Waals surface area contributed by atoms with Crippen LogP contribution in [-0.2, 0) is 6.42 Å². The number of ether oxygens (including phenoxy) is 1. The first-order chi connectivity index (χ1) is 9.83. The maximum atomic E-state index is 6.02. The summed E-state index contributed by atoms with van der Waals surface area (Å²) < 4.78 is 5.21. The number of rotatable bonds is 3. The van der Waals surface area contributed by atoms with Gasteiger partial charge in [-0.15, -0.1) is 0 Å². The lowest BCUT2D eigenvalue weighted by Crippen LogP contribution is -2.39. The van der Waals surface area contributed by atoms with Crippen molar-refractivity contribution in [2.75, 3.05) is 25.1 Å². The van der Waals surface area contributed by atoms with E-state index < -0.39 is 0 Å². The molecule has 0 fully saturated rings. The van der Waals surface area contributed by atoms with Crippen LogP contribution in [0.2, 0.25) is 0 Å². The predicted octanol–water partition coefficient (Wildman–Crippen LogP) is 2.15. The Labute approximate surface area is 119 Å². The molecule has 2 N–H and O–H groups in total. The lowest BCUT2D eigenvalue weighted by Gasteiger charge is -2.37. The Kier molecular flexibility index (Phi) is 3.56. The first-order valence-corrected chi connectivity index (χ1v) is 6.89. The van der Waals surface area contributed by atoms with Gasteiger partial charge < -0.3 is 15.4 Å². The molecule has 1 unspecified atom stereocenters. The van der Waals surface area contributed by atoms with E-state index >= 15 is 0 Å². The summed E-state index contributed by atoms with van der Waals surface area (Å²) in [6.07, 6.45) is 1.02. The molecule has 2 heterocycles. The number of methoxy groups -OCH3 is 1. The molecule has 1 aromatic carbocycles. The quantitative estimate of drug-likeness (QED) is 0.927. The van der Waals surface area contributed by atoms with E-state index in [1.807, 2.05) is 18.2 Å². The molecule has 0 amide bonds. The van der Waals surface area contributed by atoms with Crippen molar-refractivity contribution in [1.29, 1.82) is 0 Å². The number of hydrogen-bond donors (Lipinski definition) is 1. The number of benzene rings is 1. The fourth-order valence-electron chi connectivity index (χ4n) is 2.86. The summed E-state index contributed by atoms with van der Waals surface area (Å²) in [6.45, 7) is 1.51. The highest BCUT2D eigenvalue weighted by molar-refractivity contribution is 5.48. The highest BCUT2D eigenvalue weighted by Crippen LogP contribution is 2.32. The summed E-state index contributed by atoms with van der Waals surface area (Å²) >= 11 is 0. The second kappa shape index (κ2) is 5.51. The SMILES string of the molecule is COc1cccc(N2CCc3ccccc3C2CN)n1. The normalized spacial score (nSPS) is 17.7. The van der Waals surface area contributed by atoms with Crippen molar-refractivity contribution in [3.05, 3.63) is 53.6 Å². The van der Waals surface area contributed by atoms with Crippen LogP contribution >= 0.6 is 0 Å². The number of fused-ring (bicyclic) bond motifs is 1. The predicted molar refractivity (Wildman–Crippen MR) is 80.1 cm³/mol. The second-order valence-electron chi connectivity index (χ2n) is 4.93. The number of anilines is 1. The minimum atomic E-state index is 0.180. The van der Waals surface area contributed by atoms with Crippen molar-refractivity contribution in [2.24, 2.45) is 5.73 Å². The van der Waals surface area contributed by atoms with E-state index in [2.05, 4.69) is 34.1 Å². The minimum absolute atomic E-state index is 0.180. The smallest absolute Gasteiger partial charge is 0.214 e. The molecule has 1 aliphatic rings. The molecule has 104 valence electrons. The molecule has 1 atom stereocenters. The van der Waals surface area contributed by atoms with Gasteiger partial charge in [0, 0.05) is 19.2 Å². The summed E-state index contributed by atoms with van der Waals surface area (Å²) in [6, 6.07) is 14.5. The molecule has 0 radical (unpaired) electrons. The van der Waals surface area contributed by atoms with Crippen LogP contribution in [0.1, 0.15) is 17.2 Å². The molecule has 20 heavy (non-hydrogen) atoms. The third kappa shape index (κ3) is 2.23. The van der Waals surface area contributed by atoms with Gasteiger partial charge in [-0.2, -0.15) is 4.98 Å².